The highest BCUT2D eigenvalue weighted by molar-refractivity contribution is 5.94. The summed E-state index contributed by atoms with van der Waals surface area (Å²) >= 11 is 0. The minimum Gasteiger partial charge on any atom is -0.459 e. The maximum Gasteiger partial charge on any atom is 0.287 e. The zero-order valence-electron chi connectivity index (χ0n) is 14.4. The summed E-state index contributed by atoms with van der Waals surface area (Å²) in [6, 6.07) is 10.5. The molecule has 26 heavy (non-hydrogen) atoms. The maximum atomic E-state index is 12.2. The van der Waals surface area contributed by atoms with Crippen molar-refractivity contribution in [2.45, 2.75) is 19.4 Å². The first-order chi connectivity index (χ1) is 12.6. The van der Waals surface area contributed by atoms with Gasteiger partial charge >= 0.3 is 0 Å². The number of likely N-dealkylation sites (tertiary alicyclic amines) is 1. The van der Waals surface area contributed by atoms with E-state index < -0.39 is 0 Å². The van der Waals surface area contributed by atoms with E-state index in [-0.39, 0.29) is 23.5 Å². The molecule has 2 heterocycles. The van der Waals surface area contributed by atoms with Gasteiger partial charge in [-0.15, -0.1) is 0 Å². The van der Waals surface area contributed by atoms with E-state index in [1.807, 2.05) is 12.1 Å². The first-order valence-corrected chi connectivity index (χ1v) is 8.60. The molecule has 7 heteroatoms. The van der Waals surface area contributed by atoms with Crippen molar-refractivity contribution in [3.8, 4) is 0 Å². The highest BCUT2D eigenvalue weighted by atomic mass is 16.3. The Balaban J connectivity index is 1.46. The van der Waals surface area contributed by atoms with Crippen molar-refractivity contribution in [1.82, 2.24) is 15.5 Å². The Morgan fingerprint density at radius 2 is 1.88 bits per heavy atom. The highest BCUT2D eigenvalue weighted by Gasteiger charge is 2.20. The lowest BCUT2D eigenvalue weighted by atomic mass is 10.1. The summed E-state index contributed by atoms with van der Waals surface area (Å²) in [6.45, 7) is 1.90. The van der Waals surface area contributed by atoms with Crippen LogP contribution < -0.4 is 10.6 Å². The van der Waals surface area contributed by atoms with Gasteiger partial charge in [0.1, 0.15) is 0 Å². The van der Waals surface area contributed by atoms with Crippen LogP contribution >= 0.6 is 0 Å². The molecule has 0 bridgehead atoms. The lowest BCUT2D eigenvalue weighted by Crippen LogP contribution is -2.34. The summed E-state index contributed by atoms with van der Waals surface area (Å²) < 4.78 is 4.99. The van der Waals surface area contributed by atoms with Gasteiger partial charge < -0.3 is 20.0 Å². The first-order valence-electron chi connectivity index (χ1n) is 8.60. The van der Waals surface area contributed by atoms with Crippen LogP contribution in [0.2, 0.25) is 0 Å². The van der Waals surface area contributed by atoms with Crippen molar-refractivity contribution in [3.63, 3.8) is 0 Å². The van der Waals surface area contributed by atoms with Gasteiger partial charge in [-0.3, -0.25) is 14.4 Å². The van der Waals surface area contributed by atoms with Gasteiger partial charge in [0, 0.05) is 38.2 Å². The second kappa shape index (κ2) is 8.33. The number of amides is 3. The predicted octanol–water partition coefficient (Wildman–Crippen LogP) is 1.56. The first kappa shape index (κ1) is 17.7. The molecule has 0 spiro atoms. The normalized spacial score (nSPS) is 13.7. The van der Waals surface area contributed by atoms with Gasteiger partial charge in [-0.1, -0.05) is 12.1 Å². The third-order valence-electron chi connectivity index (χ3n) is 4.18. The van der Waals surface area contributed by atoms with Gasteiger partial charge in [0.05, 0.1) is 6.26 Å². The molecule has 1 aromatic heterocycles. The highest BCUT2D eigenvalue weighted by Crippen LogP contribution is 2.15. The molecule has 2 aromatic rings. The Hall–Kier alpha value is -3.09. The average Bonchev–Trinajstić information content (AvgIpc) is 3.31. The van der Waals surface area contributed by atoms with Crippen LogP contribution in [0, 0.1) is 0 Å². The number of rotatable bonds is 7. The number of carbonyl (C=O) groups excluding carboxylic acids is 3. The molecule has 0 unspecified atom stereocenters. The number of nitrogens with zero attached hydrogens (tertiary/aromatic N) is 1. The standard InChI is InChI=1S/C19H21N3O4/c23-17-7-2-10-22(17)13-14-4-1-5-15(12-14)18(24)20-8-9-21-19(25)16-6-3-11-26-16/h1,3-6,11-12H,2,7-10,13H2,(H,20,24)(H,21,25). The number of hydrogen-bond donors (Lipinski definition) is 2. The number of furan rings is 1. The second-order valence-corrected chi connectivity index (χ2v) is 6.11. The molecule has 0 atom stereocenters. The molecular formula is C19H21N3O4. The molecule has 1 saturated heterocycles. The molecular weight excluding hydrogens is 334 g/mol. The number of nitrogens with one attached hydrogen (secondary N) is 2. The van der Waals surface area contributed by atoms with E-state index in [1.165, 1.54) is 6.26 Å². The van der Waals surface area contributed by atoms with E-state index in [2.05, 4.69) is 10.6 Å². The third-order valence-corrected chi connectivity index (χ3v) is 4.18. The molecule has 1 aliphatic rings. The zero-order chi connectivity index (χ0) is 18.4. The van der Waals surface area contributed by atoms with E-state index in [1.54, 1.807) is 29.2 Å². The van der Waals surface area contributed by atoms with Crippen LogP contribution in [0.1, 0.15) is 39.3 Å². The lowest BCUT2D eigenvalue weighted by Gasteiger charge is -2.16. The molecule has 0 aliphatic carbocycles. The monoisotopic (exact) mass is 355 g/mol. The van der Waals surface area contributed by atoms with Gasteiger partial charge in [0.15, 0.2) is 5.76 Å². The van der Waals surface area contributed by atoms with Crippen LogP contribution in [0.15, 0.2) is 47.1 Å². The summed E-state index contributed by atoms with van der Waals surface area (Å²) in [6.07, 6.45) is 2.92. The fourth-order valence-corrected chi connectivity index (χ4v) is 2.85. The Bertz CT molecular complexity index is 786. The predicted molar refractivity (Wildman–Crippen MR) is 94.5 cm³/mol. The largest absolute Gasteiger partial charge is 0.459 e. The molecule has 1 fully saturated rings. The Morgan fingerprint density at radius 1 is 1.08 bits per heavy atom. The summed E-state index contributed by atoms with van der Waals surface area (Å²) in [5, 5.41) is 5.43. The van der Waals surface area contributed by atoms with Gasteiger partial charge in [-0.05, 0) is 36.2 Å². The van der Waals surface area contributed by atoms with E-state index >= 15 is 0 Å². The van der Waals surface area contributed by atoms with Crippen LogP contribution in [-0.4, -0.2) is 42.3 Å². The fourth-order valence-electron chi connectivity index (χ4n) is 2.85. The van der Waals surface area contributed by atoms with Crippen LogP contribution in [0.3, 0.4) is 0 Å². The smallest absolute Gasteiger partial charge is 0.287 e. The van der Waals surface area contributed by atoms with Crippen molar-refractivity contribution in [2.24, 2.45) is 0 Å². The second-order valence-electron chi connectivity index (χ2n) is 6.11. The molecule has 2 N–H and O–H groups in total. The molecule has 1 aliphatic heterocycles. The minimum atomic E-state index is -0.318. The lowest BCUT2D eigenvalue weighted by molar-refractivity contribution is -0.128. The zero-order valence-corrected chi connectivity index (χ0v) is 14.4. The van der Waals surface area contributed by atoms with Crippen molar-refractivity contribution in [3.05, 3.63) is 59.5 Å². The molecule has 1 aromatic carbocycles. The summed E-state index contributed by atoms with van der Waals surface area (Å²) in [7, 11) is 0. The number of benzene rings is 1. The molecule has 7 nitrogen and oxygen atoms in total. The quantitative estimate of drug-likeness (QED) is 0.738. The fraction of sp³-hybridized carbons (Fsp3) is 0.316. The van der Waals surface area contributed by atoms with Gasteiger partial charge in [-0.2, -0.15) is 0 Å². The van der Waals surface area contributed by atoms with Crippen molar-refractivity contribution >= 4 is 17.7 Å². The van der Waals surface area contributed by atoms with E-state index in [4.69, 9.17) is 4.42 Å². The molecule has 0 radical (unpaired) electrons. The van der Waals surface area contributed by atoms with Crippen LogP contribution in [0.25, 0.3) is 0 Å². The van der Waals surface area contributed by atoms with Gasteiger partial charge in [-0.25, -0.2) is 0 Å². The van der Waals surface area contributed by atoms with Gasteiger partial charge in [0.2, 0.25) is 5.91 Å². The molecule has 136 valence electrons. The van der Waals surface area contributed by atoms with E-state index in [9.17, 15) is 14.4 Å². The Labute approximate surface area is 151 Å². The Kier molecular flexibility index (Phi) is 5.68. The third kappa shape index (κ3) is 4.50. The molecule has 3 rings (SSSR count). The topological polar surface area (TPSA) is 91.7 Å². The van der Waals surface area contributed by atoms with Crippen molar-refractivity contribution in [2.75, 3.05) is 19.6 Å². The SMILES string of the molecule is O=C(NCCNC(=O)c1ccco1)c1cccc(CN2CCCC2=O)c1. The summed E-state index contributed by atoms with van der Waals surface area (Å²) in [4.78, 5) is 37.5. The number of carbonyl (C=O) groups is 3. The molecule has 3 amide bonds. The summed E-state index contributed by atoms with van der Waals surface area (Å²) in [5.74, 6) is -0.138. The van der Waals surface area contributed by atoms with Gasteiger partial charge in [0.25, 0.3) is 11.8 Å². The van der Waals surface area contributed by atoms with Crippen molar-refractivity contribution in [1.29, 1.82) is 0 Å². The van der Waals surface area contributed by atoms with E-state index in [0.717, 1.165) is 18.5 Å². The van der Waals surface area contributed by atoms with Crippen LogP contribution in [0.5, 0.6) is 0 Å². The number of hydrogen-bond acceptors (Lipinski definition) is 4. The van der Waals surface area contributed by atoms with E-state index in [0.29, 0.717) is 31.6 Å². The average molecular weight is 355 g/mol. The molecule has 0 saturated carbocycles. The summed E-state index contributed by atoms with van der Waals surface area (Å²) in [5.41, 5.74) is 1.46. The van der Waals surface area contributed by atoms with Crippen LogP contribution in [0.4, 0.5) is 0 Å². The Morgan fingerprint density at radius 3 is 2.58 bits per heavy atom. The minimum absolute atomic E-state index is 0.159. The van der Waals surface area contributed by atoms with Crippen LogP contribution in [-0.2, 0) is 11.3 Å². The maximum absolute atomic E-state index is 12.2. The van der Waals surface area contributed by atoms with Crippen molar-refractivity contribution < 1.29 is 18.8 Å².